The molecule has 6 nitrogen and oxygen atoms in total. The van der Waals surface area contributed by atoms with E-state index in [2.05, 4.69) is 15.1 Å². The van der Waals surface area contributed by atoms with Crippen LogP contribution in [0.1, 0.15) is 11.1 Å². The highest BCUT2D eigenvalue weighted by Gasteiger charge is 2.22. The number of likely N-dealkylation sites (N-methyl/N-ethyl adjacent to an activating group) is 1. The third kappa shape index (κ3) is 5.57. The number of carbonyl (C=O) groups is 2. The summed E-state index contributed by atoms with van der Waals surface area (Å²) < 4.78 is 13.1. The number of nitrogens with one attached hydrogen (secondary N) is 1. The Kier molecular flexibility index (Phi) is 7.05. The van der Waals surface area contributed by atoms with Crippen molar-refractivity contribution in [3.8, 4) is 0 Å². The number of hydrogen-bond donors (Lipinski definition) is 1. The molecule has 0 aromatic heterocycles. The highest BCUT2D eigenvalue weighted by Crippen LogP contribution is 2.19. The Morgan fingerprint density at radius 2 is 1.60 bits per heavy atom. The third-order valence-corrected chi connectivity index (χ3v) is 5.48. The van der Waals surface area contributed by atoms with Gasteiger partial charge in [0.1, 0.15) is 5.82 Å². The van der Waals surface area contributed by atoms with Crippen molar-refractivity contribution in [1.82, 2.24) is 9.80 Å². The maximum absolute atomic E-state index is 13.1. The van der Waals surface area contributed by atoms with E-state index in [0.717, 1.165) is 48.7 Å². The summed E-state index contributed by atoms with van der Waals surface area (Å²) in [7, 11) is 1.65. The second-order valence-corrected chi connectivity index (χ2v) is 7.80. The SMILES string of the molecule is Cc1cccc(C)c1NC(=O)CN(C)C(=O)CN1CCN(c2ccc(F)cc2)CC1. The molecular formula is C23H29FN4O2. The number of halogens is 1. The van der Waals surface area contributed by atoms with Crippen LogP contribution < -0.4 is 10.2 Å². The number of anilines is 2. The molecule has 7 heteroatoms. The number of aryl methyl sites for hydroxylation is 2. The minimum Gasteiger partial charge on any atom is -0.369 e. The van der Waals surface area contributed by atoms with E-state index in [1.165, 1.54) is 17.0 Å². The molecule has 1 saturated heterocycles. The predicted molar refractivity (Wildman–Crippen MR) is 117 cm³/mol. The monoisotopic (exact) mass is 412 g/mol. The van der Waals surface area contributed by atoms with Crippen LogP contribution in [0.5, 0.6) is 0 Å². The van der Waals surface area contributed by atoms with Gasteiger partial charge in [-0.3, -0.25) is 14.5 Å². The van der Waals surface area contributed by atoms with Gasteiger partial charge in [-0.1, -0.05) is 18.2 Å². The maximum atomic E-state index is 13.1. The zero-order valence-electron chi connectivity index (χ0n) is 17.8. The van der Waals surface area contributed by atoms with Crippen LogP contribution in [0.25, 0.3) is 0 Å². The first-order chi connectivity index (χ1) is 14.3. The fourth-order valence-corrected chi connectivity index (χ4v) is 3.62. The van der Waals surface area contributed by atoms with Gasteiger partial charge in [0, 0.05) is 44.6 Å². The number of benzene rings is 2. The maximum Gasteiger partial charge on any atom is 0.243 e. The first-order valence-electron chi connectivity index (χ1n) is 10.2. The minimum absolute atomic E-state index is 0.0160. The van der Waals surface area contributed by atoms with Crippen molar-refractivity contribution in [3.05, 3.63) is 59.4 Å². The molecule has 2 aromatic rings. The van der Waals surface area contributed by atoms with Gasteiger partial charge < -0.3 is 15.1 Å². The summed E-state index contributed by atoms with van der Waals surface area (Å²) in [6.45, 7) is 7.22. The third-order valence-electron chi connectivity index (χ3n) is 5.48. The van der Waals surface area contributed by atoms with Crippen LogP contribution in [0.4, 0.5) is 15.8 Å². The Morgan fingerprint density at radius 1 is 1.00 bits per heavy atom. The molecule has 30 heavy (non-hydrogen) atoms. The number of piperazine rings is 1. The van der Waals surface area contributed by atoms with Gasteiger partial charge in [-0.05, 0) is 49.2 Å². The molecular weight excluding hydrogens is 383 g/mol. The first kappa shape index (κ1) is 21.8. The second-order valence-electron chi connectivity index (χ2n) is 7.80. The molecule has 1 aliphatic heterocycles. The lowest BCUT2D eigenvalue weighted by molar-refractivity contribution is -0.134. The topological polar surface area (TPSA) is 55.9 Å². The average Bonchev–Trinajstić information content (AvgIpc) is 2.72. The Morgan fingerprint density at radius 3 is 2.20 bits per heavy atom. The molecule has 0 spiro atoms. The predicted octanol–water partition coefficient (Wildman–Crippen LogP) is 2.66. The highest BCUT2D eigenvalue weighted by molar-refractivity contribution is 5.95. The molecule has 0 saturated carbocycles. The zero-order valence-corrected chi connectivity index (χ0v) is 17.8. The summed E-state index contributed by atoms with van der Waals surface area (Å²) in [5.41, 5.74) is 3.79. The van der Waals surface area contributed by atoms with E-state index in [4.69, 9.17) is 0 Å². The van der Waals surface area contributed by atoms with Crippen LogP contribution in [0.3, 0.4) is 0 Å². The lowest BCUT2D eigenvalue weighted by Gasteiger charge is -2.36. The smallest absolute Gasteiger partial charge is 0.243 e. The largest absolute Gasteiger partial charge is 0.369 e. The van der Waals surface area contributed by atoms with E-state index in [1.54, 1.807) is 19.2 Å². The van der Waals surface area contributed by atoms with E-state index in [9.17, 15) is 14.0 Å². The standard InChI is InChI=1S/C23H29FN4O2/c1-17-5-4-6-18(2)23(17)25-21(29)15-26(3)22(30)16-27-11-13-28(14-12-27)20-9-7-19(24)8-10-20/h4-10H,11-16H2,1-3H3,(H,25,29). The molecule has 3 rings (SSSR count). The summed E-state index contributed by atoms with van der Waals surface area (Å²) in [5, 5.41) is 2.92. The number of hydrogen-bond acceptors (Lipinski definition) is 4. The molecule has 1 aliphatic rings. The number of amides is 2. The molecule has 1 fully saturated rings. The quantitative estimate of drug-likeness (QED) is 0.793. The summed E-state index contributed by atoms with van der Waals surface area (Å²) in [5.74, 6) is -0.529. The minimum atomic E-state index is -0.243. The average molecular weight is 413 g/mol. The van der Waals surface area contributed by atoms with Crippen molar-refractivity contribution >= 4 is 23.2 Å². The van der Waals surface area contributed by atoms with E-state index in [-0.39, 0.29) is 30.7 Å². The second kappa shape index (κ2) is 9.71. The fourth-order valence-electron chi connectivity index (χ4n) is 3.62. The van der Waals surface area contributed by atoms with E-state index >= 15 is 0 Å². The van der Waals surface area contributed by atoms with Crippen LogP contribution in [-0.2, 0) is 9.59 Å². The molecule has 1 N–H and O–H groups in total. The lowest BCUT2D eigenvalue weighted by atomic mass is 10.1. The molecule has 0 atom stereocenters. The fraction of sp³-hybridized carbons (Fsp3) is 0.391. The molecule has 0 bridgehead atoms. The van der Waals surface area contributed by atoms with Crippen LogP contribution >= 0.6 is 0 Å². The van der Waals surface area contributed by atoms with Crippen LogP contribution in [0.2, 0.25) is 0 Å². The highest BCUT2D eigenvalue weighted by atomic mass is 19.1. The molecule has 1 heterocycles. The van der Waals surface area contributed by atoms with Crippen LogP contribution in [0, 0.1) is 19.7 Å². The molecule has 0 unspecified atom stereocenters. The summed E-state index contributed by atoms with van der Waals surface area (Å²) in [4.78, 5) is 30.7. The van der Waals surface area contributed by atoms with Crippen LogP contribution in [-0.4, -0.2) is 67.9 Å². The van der Waals surface area contributed by atoms with E-state index < -0.39 is 0 Å². The van der Waals surface area contributed by atoms with Gasteiger partial charge in [0.25, 0.3) is 0 Å². The van der Waals surface area contributed by atoms with Crippen molar-refractivity contribution in [2.45, 2.75) is 13.8 Å². The summed E-state index contributed by atoms with van der Waals surface area (Å²) in [6.07, 6.45) is 0. The lowest BCUT2D eigenvalue weighted by Crippen LogP contribution is -2.50. The van der Waals surface area contributed by atoms with Crippen molar-refractivity contribution in [3.63, 3.8) is 0 Å². The van der Waals surface area contributed by atoms with Gasteiger partial charge >= 0.3 is 0 Å². The number of rotatable bonds is 6. The van der Waals surface area contributed by atoms with Crippen LogP contribution in [0.15, 0.2) is 42.5 Å². The Balaban J connectivity index is 1.45. The molecule has 160 valence electrons. The van der Waals surface area contributed by atoms with Gasteiger partial charge in [-0.25, -0.2) is 4.39 Å². The first-order valence-corrected chi connectivity index (χ1v) is 10.2. The number of carbonyl (C=O) groups excluding carboxylic acids is 2. The van der Waals surface area contributed by atoms with Crippen molar-refractivity contribution < 1.29 is 14.0 Å². The molecule has 0 radical (unpaired) electrons. The van der Waals surface area contributed by atoms with Crippen molar-refractivity contribution in [1.29, 1.82) is 0 Å². The summed E-state index contributed by atoms with van der Waals surface area (Å²) >= 11 is 0. The van der Waals surface area contributed by atoms with Crippen molar-refractivity contribution in [2.75, 3.05) is 56.5 Å². The number of para-hydroxylation sites is 1. The van der Waals surface area contributed by atoms with Gasteiger partial charge in [0.15, 0.2) is 0 Å². The number of nitrogens with zero attached hydrogens (tertiary/aromatic N) is 3. The van der Waals surface area contributed by atoms with E-state index in [0.29, 0.717) is 0 Å². The Labute approximate surface area is 177 Å². The molecule has 2 aromatic carbocycles. The van der Waals surface area contributed by atoms with Gasteiger partial charge in [0.05, 0.1) is 13.1 Å². The zero-order chi connectivity index (χ0) is 21.7. The van der Waals surface area contributed by atoms with Gasteiger partial charge in [-0.15, -0.1) is 0 Å². The van der Waals surface area contributed by atoms with Gasteiger partial charge in [0.2, 0.25) is 11.8 Å². The van der Waals surface area contributed by atoms with Gasteiger partial charge in [-0.2, -0.15) is 0 Å². The Hall–Kier alpha value is -2.93. The molecule has 0 aliphatic carbocycles. The van der Waals surface area contributed by atoms with Crippen molar-refractivity contribution in [2.24, 2.45) is 0 Å². The molecule has 2 amide bonds. The Bertz CT molecular complexity index is 872. The normalized spacial score (nSPS) is 14.5. The van der Waals surface area contributed by atoms with E-state index in [1.807, 2.05) is 32.0 Å². The summed E-state index contributed by atoms with van der Waals surface area (Å²) in [6, 6.07) is 12.3.